The molecule has 10 heteroatoms. The molecule has 1 aliphatic rings. The second kappa shape index (κ2) is 13.0. The van der Waals surface area contributed by atoms with Gasteiger partial charge in [0, 0.05) is 15.7 Å². The van der Waals surface area contributed by atoms with Crippen molar-refractivity contribution in [2.45, 2.75) is 33.4 Å². The topological polar surface area (TPSA) is 79.1 Å². The molecule has 7 nitrogen and oxygen atoms in total. The third-order valence-electron chi connectivity index (χ3n) is 6.61. The molecule has 0 aliphatic carbocycles. The molecule has 1 aliphatic heterocycles. The van der Waals surface area contributed by atoms with Crippen LogP contribution >= 0.6 is 34.5 Å². The number of thiazole rings is 1. The average Bonchev–Trinajstić information content (AvgIpc) is 3.29. The number of esters is 1. The van der Waals surface area contributed by atoms with Crippen molar-refractivity contribution >= 4 is 52.3 Å². The van der Waals surface area contributed by atoms with E-state index in [-0.39, 0.29) is 17.7 Å². The van der Waals surface area contributed by atoms with Gasteiger partial charge in [-0.1, -0.05) is 77.0 Å². The van der Waals surface area contributed by atoms with Gasteiger partial charge in [0.1, 0.15) is 12.6 Å². The number of nitrogens with zero attached hydrogens (tertiary/aromatic N) is 2. The summed E-state index contributed by atoms with van der Waals surface area (Å²) in [6, 6.07) is 19.7. The van der Waals surface area contributed by atoms with Crippen LogP contribution in [0.5, 0.6) is 11.5 Å². The summed E-state index contributed by atoms with van der Waals surface area (Å²) in [4.78, 5) is 32.2. The molecule has 0 amide bonds. The molecule has 0 unspecified atom stereocenters. The van der Waals surface area contributed by atoms with Crippen molar-refractivity contribution in [3.05, 3.63) is 119 Å². The summed E-state index contributed by atoms with van der Waals surface area (Å²) in [6.45, 7) is 6.33. The lowest BCUT2D eigenvalue weighted by Crippen LogP contribution is -2.35. The third kappa shape index (κ3) is 6.16. The average molecular weight is 624 g/mol. The molecule has 1 atom stereocenters. The molecule has 216 valence electrons. The van der Waals surface area contributed by atoms with E-state index in [1.54, 1.807) is 38.1 Å². The van der Waals surface area contributed by atoms with Crippen LogP contribution < -0.4 is 24.4 Å². The minimum atomic E-state index is -0.726. The highest BCUT2D eigenvalue weighted by molar-refractivity contribution is 7.07. The number of fused-ring (bicyclic) bond motifs is 1. The van der Waals surface area contributed by atoms with Gasteiger partial charge < -0.3 is 14.2 Å². The molecule has 0 N–H and O–H groups in total. The van der Waals surface area contributed by atoms with E-state index in [1.165, 1.54) is 15.9 Å². The van der Waals surface area contributed by atoms with E-state index in [1.807, 2.05) is 55.5 Å². The Morgan fingerprint density at radius 1 is 1.00 bits per heavy atom. The summed E-state index contributed by atoms with van der Waals surface area (Å²) in [5.41, 5.74) is 2.80. The minimum Gasteiger partial charge on any atom is -0.490 e. The molecular weight excluding hydrogens is 595 g/mol. The number of benzene rings is 3. The highest BCUT2D eigenvalue weighted by Crippen LogP contribution is 2.37. The predicted octanol–water partition coefficient (Wildman–Crippen LogP) is 6.19. The van der Waals surface area contributed by atoms with E-state index in [4.69, 9.17) is 42.4 Å². The normalized spacial score (nSPS) is 14.8. The fraction of sp³-hybridized carbons (Fsp3) is 0.219. The van der Waals surface area contributed by atoms with Crippen LogP contribution in [0.25, 0.3) is 11.8 Å². The number of carbonyl (C=O) groups excluding carboxylic acids is 1. The van der Waals surface area contributed by atoms with E-state index in [2.05, 4.69) is 0 Å². The monoisotopic (exact) mass is 622 g/mol. The highest BCUT2D eigenvalue weighted by Gasteiger charge is 2.32. The van der Waals surface area contributed by atoms with Gasteiger partial charge in [0.25, 0.3) is 5.56 Å². The van der Waals surface area contributed by atoms with Crippen LogP contribution in [0.15, 0.2) is 82.1 Å². The molecule has 2 heterocycles. The maximum absolute atomic E-state index is 13.5. The van der Waals surface area contributed by atoms with Crippen LogP contribution in [-0.4, -0.2) is 23.8 Å². The molecule has 3 aromatic carbocycles. The van der Waals surface area contributed by atoms with Crippen LogP contribution in [0.1, 0.15) is 43.5 Å². The second-order valence-corrected chi connectivity index (χ2v) is 11.2. The zero-order valence-electron chi connectivity index (χ0n) is 23.2. The number of halogens is 2. The Labute approximate surface area is 256 Å². The van der Waals surface area contributed by atoms with Crippen LogP contribution in [0.2, 0.25) is 10.0 Å². The van der Waals surface area contributed by atoms with Crippen LogP contribution in [0, 0.1) is 0 Å². The fourth-order valence-electron chi connectivity index (χ4n) is 4.64. The number of aromatic nitrogens is 1. The van der Waals surface area contributed by atoms with Crippen molar-refractivity contribution in [2.75, 3.05) is 13.2 Å². The maximum Gasteiger partial charge on any atom is 0.338 e. The van der Waals surface area contributed by atoms with Crippen molar-refractivity contribution < 1.29 is 19.0 Å². The predicted molar refractivity (Wildman–Crippen MR) is 166 cm³/mol. The number of allylic oxidation sites excluding steroid dienone is 1. The molecule has 0 spiro atoms. The van der Waals surface area contributed by atoms with Gasteiger partial charge in [0.05, 0.1) is 23.3 Å². The van der Waals surface area contributed by atoms with Crippen molar-refractivity contribution in [1.29, 1.82) is 0 Å². The number of carbonyl (C=O) groups is 1. The van der Waals surface area contributed by atoms with Crippen molar-refractivity contribution in [3.8, 4) is 11.5 Å². The quantitative estimate of drug-likeness (QED) is 0.208. The number of rotatable bonds is 9. The summed E-state index contributed by atoms with van der Waals surface area (Å²) in [5.74, 6) is 0.562. The molecular formula is C32H28Cl2N2O5S. The largest absolute Gasteiger partial charge is 0.490 e. The first-order valence-corrected chi connectivity index (χ1v) is 15.0. The smallest absolute Gasteiger partial charge is 0.338 e. The second-order valence-electron chi connectivity index (χ2n) is 9.36. The van der Waals surface area contributed by atoms with E-state index < -0.39 is 12.0 Å². The lowest BCUT2D eigenvalue weighted by atomic mass is 9.96. The molecule has 0 radical (unpaired) electrons. The fourth-order valence-corrected chi connectivity index (χ4v) is 6.13. The van der Waals surface area contributed by atoms with E-state index in [0.29, 0.717) is 60.9 Å². The van der Waals surface area contributed by atoms with Gasteiger partial charge in [-0.15, -0.1) is 0 Å². The highest BCUT2D eigenvalue weighted by atomic mass is 35.5. The van der Waals surface area contributed by atoms with Gasteiger partial charge in [-0.25, -0.2) is 9.79 Å². The first-order valence-electron chi connectivity index (χ1n) is 13.4. The molecule has 42 heavy (non-hydrogen) atoms. The first kappa shape index (κ1) is 29.6. The first-order chi connectivity index (χ1) is 20.3. The van der Waals surface area contributed by atoms with Crippen molar-refractivity contribution in [1.82, 2.24) is 4.57 Å². The van der Waals surface area contributed by atoms with E-state index in [0.717, 1.165) is 5.56 Å². The van der Waals surface area contributed by atoms with Gasteiger partial charge in [-0.05, 0) is 67.8 Å². The summed E-state index contributed by atoms with van der Waals surface area (Å²) < 4.78 is 19.3. The molecule has 0 fully saturated rings. The van der Waals surface area contributed by atoms with Crippen LogP contribution in [-0.2, 0) is 16.1 Å². The molecule has 4 aromatic rings. The minimum absolute atomic E-state index is 0.179. The van der Waals surface area contributed by atoms with Gasteiger partial charge in [0.15, 0.2) is 16.3 Å². The zero-order valence-corrected chi connectivity index (χ0v) is 25.6. The van der Waals surface area contributed by atoms with Crippen LogP contribution in [0.3, 0.4) is 0 Å². The van der Waals surface area contributed by atoms with Gasteiger partial charge >= 0.3 is 5.97 Å². The summed E-state index contributed by atoms with van der Waals surface area (Å²) in [6.07, 6.45) is 1.70. The van der Waals surface area contributed by atoms with Gasteiger partial charge in [-0.3, -0.25) is 9.36 Å². The van der Waals surface area contributed by atoms with E-state index in [9.17, 15) is 9.59 Å². The Morgan fingerprint density at radius 2 is 1.79 bits per heavy atom. The summed E-state index contributed by atoms with van der Waals surface area (Å²) in [5, 5.41) is 0.920. The molecule has 0 saturated carbocycles. The van der Waals surface area contributed by atoms with Crippen molar-refractivity contribution in [3.63, 3.8) is 0 Å². The molecule has 5 rings (SSSR count). The van der Waals surface area contributed by atoms with Crippen LogP contribution in [0.4, 0.5) is 0 Å². The zero-order chi connectivity index (χ0) is 29.8. The Bertz CT molecular complexity index is 1850. The lowest BCUT2D eigenvalue weighted by Gasteiger charge is -2.23. The number of hydrogen-bond acceptors (Lipinski definition) is 7. The summed E-state index contributed by atoms with van der Waals surface area (Å²) in [7, 11) is 0. The van der Waals surface area contributed by atoms with Crippen molar-refractivity contribution in [2.24, 2.45) is 4.99 Å². The maximum atomic E-state index is 13.5. The Kier molecular flexibility index (Phi) is 9.16. The Hall–Kier alpha value is -3.85. The van der Waals surface area contributed by atoms with Gasteiger partial charge in [0.2, 0.25) is 0 Å². The Morgan fingerprint density at radius 3 is 2.50 bits per heavy atom. The molecule has 0 saturated heterocycles. The van der Waals surface area contributed by atoms with Gasteiger partial charge in [-0.2, -0.15) is 0 Å². The third-order valence-corrected chi connectivity index (χ3v) is 8.15. The summed E-state index contributed by atoms with van der Waals surface area (Å²) >= 11 is 13.6. The Balaban J connectivity index is 1.61. The number of hydrogen-bond donors (Lipinski definition) is 0. The molecule has 0 bridgehead atoms. The lowest BCUT2D eigenvalue weighted by molar-refractivity contribution is -0.138. The molecule has 1 aromatic heterocycles. The van der Waals surface area contributed by atoms with E-state index >= 15 is 0 Å². The standard InChI is InChI=1S/C32H28Cl2N2O5S/c1-4-39-26-15-22(12-14-25(26)41-18-20-9-7-6-8-10-20)29-28(31(38)40-5-2)19(3)36-30(37)27(42-32(36)35-29)16-21-11-13-23(33)17-24(21)34/h6-17,29H,4-5,18H2,1-3H3/b27-16-/t29-/m1/s1. The number of ether oxygens (including phenoxy) is 3. The SMILES string of the molecule is CCOC(=O)C1=C(C)n2c(s/c(=C\c3ccc(Cl)cc3Cl)c2=O)=N[C@@H]1c1ccc(OCc2ccccc2)c(OCC)c1.